The Morgan fingerprint density at radius 2 is 1.67 bits per heavy atom. The Kier molecular flexibility index (Phi) is 5.12. The van der Waals surface area contributed by atoms with E-state index in [1.165, 1.54) is 0 Å². The largest absolute Gasteiger partial charge is 0.383 e. The minimum Gasteiger partial charge on any atom is -0.304 e. The second-order valence-electron chi connectivity index (χ2n) is 4.27. The van der Waals surface area contributed by atoms with E-state index in [2.05, 4.69) is 5.16 Å². The molecule has 0 amide bonds. The quantitative estimate of drug-likeness (QED) is 0.456. The van der Waals surface area contributed by atoms with E-state index in [0.29, 0.717) is 5.56 Å². The number of hydrogen-bond donors (Lipinski definition) is 0. The van der Waals surface area contributed by atoms with Gasteiger partial charge in [0, 0.05) is 5.56 Å². The van der Waals surface area contributed by atoms with Crippen LogP contribution < -0.4 is 0 Å². The molecule has 0 saturated heterocycles. The van der Waals surface area contributed by atoms with Crippen molar-refractivity contribution < 1.29 is 18.8 Å². The Morgan fingerprint density at radius 1 is 1.05 bits per heavy atom. The number of hydrogen-bond acceptors (Lipinski definition) is 4. The molecule has 0 aliphatic heterocycles. The summed E-state index contributed by atoms with van der Waals surface area (Å²) in [5.74, 6) is 0. The standard InChI is InChI=1S/C15H17NO4P/c1-3-19-21(18,20-4-2)15(16-17)14-11-7-9-12-8-5-6-10-13(12)14/h5-11H,3-4H2,1-2H3/b16-15+. The van der Waals surface area contributed by atoms with Gasteiger partial charge in [-0.15, -0.1) is 5.21 Å². The molecule has 0 fully saturated rings. The van der Waals surface area contributed by atoms with Crippen LogP contribution in [0.2, 0.25) is 0 Å². The molecule has 0 aromatic heterocycles. The third kappa shape index (κ3) is 3.16. The normalized spacial score (nSPS) is 12.8. The zero-order chi connectivity index (χ0) is 15.3. The van der Waals surface area contributed by atoms with E-state index in [1.54, 1.807) is 26.0 Å². The van der Waals surface area contributed by atoms with Gasteiger partial charge in [-0.05, 0) is 29.8 Å². The fraction of sp³-hybridized carbons (Fsp3) is 0.267. The Hall–Kier alpha value is -1.68. The van der Waals surface area contributed by atoms with E-state index >= 15 is 0 Å². The fourth-order valence-corrected chi connectivity index (χ4v) is 3.76. The van der Waals surface area contributed by atoms with Crippen molar-refractivity contribution in [2.45, 2.75) is 13.8 Å². The molecule has 0 bridgehead atoms. The van der Waals surface area contributed by atoms with Gasteiger partial charge in [0.15, 0.2) is 0 Å². The van der Waals surface area contributed by atoms with Crippen LogP contribution >= 0.6 is 7.60 Å². The molecule has 0 saturated carbocycles. The van der Waals surface area contributed by atoms with E-state index in [-0.39, 0.29) is 18.7 Å². The second-order valence-corrected chi connectivity index (χ2v) is 6.21. The lowest BCUT2D eigenvalue weighted by molar-refractivity contribution is 0.204. The molecule has 0 unspecified atom stereocenters. The van der Waals surface area contributed by atoms with Crippen LogP contribution in [0.25, 0.3) is 10.8 Å². The summed E-state index contributed by atoms with van der Waals surface area (Å²) in [4.78, 5) is 0. The predicted octanol–water partition coefficient (Wildman–Crippen LogP) is 4.20. The first-order valence-electron chi connectivity index (χ1n) is 6.74. The number of nitrogens with zero attached hydrogens (tertiary/aromatic N) is 1. The Bertz CT molecular complexity index is 684. The SMILES string of the molecule is CCOP(=O)(OCC)/C(=N/[O])c1cccc2ccccc12. The van der Waals surface area contributed by atoms with Crippen molar-refractivity contribution >= 4 is 23.8 Å². The Balaban J connectivity index is 2.61. The van der Waals surface area contributed by atoms with Crippen LogP contribution in [-0.2, 0) is 18.8 Å². The molecule has 2 aromatic rings. The Morgan fingerprint density at radius 3 is 2.29 bits per heavy atom. The van der Waals surface area contributed by atoms with Crippen molar-refractivity contribution in [3.8, 4) is 0 Å². The lowest BCUT2D eigenvalue weighted by Gasteiger charge is -2.18. The molecule has 111 valence electrons. The molecule has 0 spiro atoms. The summed E-state index contributed by atoms with van der Waals surface area (Å²) in [6.45, 7) is 3.72. The second kappa shape index (κ2) is 6.85. The van der Waals surface area contributed by atoms with Gasteiger partial charge in [-0.25, -0.2) is 0 Å². The first kappa shape index (κ1) is 15.7. The molecular weight excluding hydrogens is 289 g/mol. The van der Waals surface area contributed by atoms with Crippen LogP contribution in [0.15, 0.2) is 47.6 Å². The average Bonchev–Trinajstić information content (AvgIpc) is 2.48. The molecule has 0 aliphatic carbocycles. The van der Waals surface area contributed by atoms with Crippen molar-refractivity contribution in [3.63, 3.8) is 0 Å². The highest BCUT2D eigenvalue weighted by Crippen LogP contribution is 2.52. The zero-order valence-electron chi connectivity index (χ0n) is 12.0. The summed E-state index contributed by atoms with van der Waals surface area (Å²) in [5, 5.41) is 16.0. The third-order valence-corrected chi connectivity index (χ3v) is 5.01. The smallest absolute Gasteiger partial charge is 0.304 e. The molecule has 0 aliphatic rings. The van der Waals surface area contributed by atoms with Crippen LogP contribution in [0, 0.1) is 0 Å². The van der Waals surface area contributed by atoms with Crippen molar-refractivity contribution in [1.29, 1.82) is 0 Å². The maximum Gasteiger partial charge on any atom is 0.383 e. The van der Waals surface area contributed by atoms with Crippen molar-refractivity contribution in [1.82, 2.24) is 0 Å². The molecule has 2 rings (SSSR count). The maximum atomic E-state index is 12.8. The summed E-state index contributed by atoms with van der Waals surface area (Å²) >= 11 is 0. The fourth-order valence-electron chi connectivity index (χ4n) is 2.17. The van der Waals surface area contributed by atoms with Crippen LogP contribution in [0.3, 0.4) is 0 Å². The minimum absolute atomic E-state index is 0.168. The molecule has 21 heavy (non-hydrogen) atoms. The highest BCUT2D eigenvalue weighted by molar-refractivity contribution is 7.73. The molecule has 0 N–H and O–H groups in total. The minimum atomic E-state index is -3.72. The van der Waals surface area contributed by atoms with Crippen molar-refractivity contribution in [2.24, 2.45) is 5.16 Å². The van der Waals surface area contributed by atoms with Crippen molar-refractivity contribution in [3.05, 3.63) is 48.0 Å². The van der Waals surface area contributed by atoms with Gasteiger partial charge in [0.25, 0.3) is 0 Å². The average molecular weight is 306 g/mol. The highest BCUT2D eigenvalue weighted by atomic mass is 31.2. The van der Waals surface area contributed by atoms with Crippen molar-refractivity contribution in [2.75, 3.05) is 13.2 Å². The number of rotatable bonds is 6. The zero-order valence-corrected chi connectivity index (χ0v) is 12.9. The lowest BCUT2D eigenvalue weighted by Crippen LogP contribution is -2.09. The molecule has 0 heterocycles. The molecule has 1 radical (unpaired) electrons. The summed E-state index contributed by atoms with van der Waals surface area (Å²) in [7, 11) is -3.72. The first-order chi connectivity index (χ1) is 10.2. The van der Waals surface area contributed by atoms with Gasteiger partial charge < -0.3 is 9.05 Å². The molecular formula is C15H17NO4P. The van der Waals surface area contributed by atoms with Gasteiger partial charge in [0.2, 0.25) is 5.45 Å². The molecule has 2 aromatic carbocycles. The Labute approximate surface area is 123 Å². The van der Waals surface area contributed by atoms with Gasteiger partial charge in [0.1, 0.15) is 0 Å². The summed E-state index contributed by atoms with van der Waals surface area (Å²) < 4.78 is 23.3. The summed E-state index contributed by atoms with van der Waals surface area (Å²) in [6, 6.07) is 12.9. The van der Waals surface area contributed by atoms with Crippen LogP contribution in [0.5, 0.6) is 0 Å². The van der Waals surface area contributed by atoms with Gasteiger partial charge >= 0.3 is 7.60 Å². The molecule has 0 atom stereocenters. The van der Waals surface area contributed by atoms with Crippen LogP contribution in [0.1, 0.15) is 19.4 Å². The van der Waals surface area contributed by atoms with E-state index in [0.717, 1.165) is 10.8 Å². The van der Waals surface area contributed by atoms with Gasteiger partial charge in [-0.1, -0.05) is 42.5 Å². The van der Waals surface area contributed by atoms with Crippen LogP contribution in [0.4, 0.5) is 0 Å². The first-order valence-corrected chi connectivity index (χ1v) is 8.28. The topological polar surface area (TPSA) is 67.8 Å². The number of fused-ring (bicyclic) bond motifs is 1. The highest BCUT2D eigenvalue weighted by Gasteiger charge is 2.34. The van der Waals surface area contributed by atoms with E-state index < -0.39 is 7.60 Å². The summed E-state index contributed by atoms with van der Waals surface area (Å²) in [5.41, 5.74) is 0.302. The summed E-state index contributed by atoms with van der Waals surface area (Å²) in [6.07, 6.45) is 0. The predicted molar refractivity (Wildman–Crippen MR) is 82.0 cm³/mol. The van der Waals surface area contributed by atoms with Gasteiger partial charge in [-0.3, -0.25) is 4.57 Å². The maximum absolute atomic E-state index is 12.8. The number of benzene rings is 2. The van der Waals surface area contributed by atoms with Gasteiger partial charge in [0.05, 0.1) is 13.2 Å². The lowest BCUT2D eigenvalue weighted by atomic mass is 10.1. The monoisotopic (exact) mass is 306 g/mol. The molecule has 5 nitrogen and oxygen atoms in total. The van der Waals surface area contributed by atoms with Gasteiger partial charge in [-0.2, -0.15) is 0 Å². The van der Waals surface area contributed by atoms with E-state index in [1.807, 2.05) is 30.3 Å². The van der Waals surface area contributed by atoms with E-state index in [4.69, 9.17) is 9.05 Å². The van der Waals surface area contributed by atoms with Crippen LogP contribution in [-0.4, -0.2) is 18.7 Å². The van der Waals surface area contributed by atoms with E-state index in [9.17, 15) is 9.77 Å². The third-order valence-electron chi connectivity index (χ3n) is 2.97. The molecule has 6 heteroatoms.